The minimum atomic E-state index is -0.0439. The van der Waals surface area contributed by atoms with E-state index in [0.717, 1.165) is 24.9 Å². The maximum absolute atomic E-state index is 13.0. The number of rotatable bonds is 7. The molecule has 30 heavy (non-hydrogen) atoms. The molecule has 3 rings (SSSR count). The van der Waals surface area contributed by atoms with Crippen molar-refractivity contribution in [3.8, 4) is 0 Å². The number of carbonyl (C=O) groups is 2. The van der Waals surface area contributed by atoms with Crippen LogP contribution in [0.5, 0.6) is 0 Å². The average Bonchev–Trinajstić information content (AvgIpc) is 2.76. The van der Waals surface area contributed by atoms with Crippen LogP contribution in [0.25, 0.3) is 0 Å². The number of nitrogens with zero attached hydrogens (tertiary/aromatic N) is 1. The number of thioether (sulfide) groups is 1. The predicted molar refractivity (Wildman–Crippen MR) is 125 cm³/mol. The van der Waals surface area contributed by atoms with Gasteiger partial charge in [0.15, 0.2) is 0 Å². The highest BCUT2D eigenvalue weighted by Crippen LogP contribution is 2.36. The van der Waals surface area contributed by atoms with Crippen LogP contribution in [0.3, 0.4) is 0 Å². The average molecular weight is 445 g/mol. The van der Waals surface area contributed by atoms with Gasteiger partial charge in [0.25, 0.3) is 0 Å². The molecule has 2 aromatic rings. The van der Waals surface area contributed by atoms with Crippen LogP contribution in [0.15, 0.2) is 54.6 Å². The van der Waals surface area contributed by atoms with Crippen LogP contribution in [-0.2, 0) is 9.59 Å². The highest BCUT2D eigenvalue weighted by molar-refractivity contribution is 8.00. The number of hydrogen-bond donors (Lipinski definition) is 1. The van der Waals surface area contributed by atoms with Crippen molar-refractivity contribution < 1.29 is 9.59 Å². The Labute approximate surface area is 188 Å². The molecular formula is C24H29ClN2O2S. The Morgan fingerprint density at radius 1 is 1.10 bits per heavy atom. The van der Waals surface area contributed by atoms with E-state index >= 15 is 0 Å². The van der Waals surface area contributed by atoms with Crippen molar-refractivity contribution in [1.82, 2.24) is 10.2 Å². The second kappa shape index (κ2) is 10.9. The summed E-state index contributed by atoms with van der Waals surface area (Å²) in [6.07, 6.45) is 1.84. The van der Waals surface area contributed by atoms with Gasteiger partial charge in [-0.05, 0) is 36.1 Å². The summed E-state index contributed by atoms with van der Waals surface area (Å²) in [6, 6.07) is 18.1. The Morgan fingerprint density at radius 2 is 1.77 bits per heavy atom. The molecule has 0 aromatic heterocycles. The van der Waals surface area contributed by atoms with E-state index in [-0.39, 0.29) is 29.0 Å². The fourth-order valence-corrected chi connectivity index (χ4v) is 4.90. The lowest BCUT2D eigenvalue weighted by atomic mass is 10.0. The molecule has 2 unspecified atom stereocenters. The summed E-state index contributed by atoms with van der Waals surface area (Å²) in [6.45, 7) is 5.12. The van der Waals surface area contributed by atoms with Crippen molar-refractivity contribution in [1.29, 1.82) is 0 Å². The SMILES string of the molecule is CC(C)C(=O)NC1CCCN(C(=O)CSC(c2ccccc2)c2ccc(Cl)cc2)C1. The largest absolute Gasteiger partial charge is 0.351 e. The number of carbonyl (C=O) groups excluding carboxylic acids is 2. The first-order valence-electron chi connectivity index (χ1n) is 10.4. The Morgan fingerprint density at radius 3 is 2.43 bits per heavy atom. The molecule has 6 heteroatoms. The van der Waals surface area contributed by atoms with Gasteiger partial charge in [-0.3, -0.25) is 9.59 Å². The lowest BCUT2D eigenvalue weighted by Gasteiger charge is -2.34. The van der Waals surface area contributed by atoms with Crippen molar-refractivity contribution in [2.45, 2.75) is 38.0 Å². The van der Waals surface area contributed by atoms with Gasteiger partial charge in [-0.15, -0.1) is 11.8 Å². The van der Waals surface area contributed by atoms with Crippen LogP contribution in [0.1, 0.15) is 43.1 Å². The molecule has 1 aliphatic rings. The van der Waals surface area contributed by atoms with E-state index in [1.165, 1.54) is 5.56 Å². The van der Waals surface area contributed by atoms with Crippen molar-refractivity contribution in [2.24, 2.45) is 5.92 Å². The summed E-state index contributed by atoms with van der Waals surface area (Å²) in [4.78, 5) is 26.9. The molecule has 0 spiro atoms. The summed E-state index contributed by atoms with van der Waals surface area (Å²) < 4.78 is 0. The molecule has 0 radical (unpaired) electrons. The van der Waals surface area contributed by atoms with Gasteiger partial charge in [0.1, 0.15) is 0 Å². The van der Waals surface area contributed by atoms with Crippen molar-refractivity contribution in [3.63, 3.8) is 0 Å². The van der Waals surface area contributed by atoms with Gasteiger partial charge in [-0.2, -0.15) is 0 Å². The molecule has 0 bridgehead atoms. The zero-order valence-corrected chi connectivity index (χ0v) is 19.1. The van der Waals surface area contributed by atoms with Gasteiger partial charge in [-0.1, -0.05) is 67.9 Å². The lowest BCUT2D eigenvalue weighted by molar-refractivity contribution is -0.131. The molecule has 1 fully saturated rings. The van der Waals surface area contributed by atoms with E-state index in [0.29, 0.717) is 17.3 Å². The first-order valence-corrected chi connectivity index (χ1v) is 11.9. The zero-order valence-electron chi connectivity index (χ0n) is 17.5. The number of benzene rings is 2. The van der Waals surface area contributed by atoms with Crippen LogP contribution in [-0.4, -0.2) is 41.6 Å². The van der Waals surface area contributed by atoms with E-state index in [9.17, 15) is 9.59 Å². The van der Waals surface area contributed by atoms with Gasteiger partial charge in [-0.25, -0.2) is 0 Å². The summed E-state index contributed by atoms with van der Waals surface area (Å²) >= 11 is 7.70. The Balaban J connectivity index is 1.64. The number of nitrogens with one attached hydrogen (secondary N) is 1. The number of piperidine rings is 1. The molecule has 1 saturated heterocycles. The van der Waals surface area contributed by atoms with Crippen LogP contribution in [0.4, 0.5) is 0 Å². The van der Waals surface area contributed by atoms with E-state index in [2.05, 4.69) is 17.4 Å². The van der Waals surface area contributed by atoms with Gasteiger partial charge in [0.05, 0.1) is 11.0 Å². The quantitative estimate of drug-likeness (QED) is 0.659. The molecule has 0 aliphatic carbocycles. The second-order valence-electron chi connectivity index (χ2n) is 8.00. The number of amides is 2. The number of halogens is 1. The first-order chi connectivity index (χ1) is 14.4. The molecule has 1 heterocycles. The van der Waals surface area contributed by atoms with Crippen molar-refractivity contribution in [3.05, 3.63) is 70.7 Å². The summed E-state index contributed by atoms with van der Waals surface area (Å²) in [7, 11) is 0. The first kappa shape index (κ1) is 22.7. The maximum Gasteiger partial charge on any atom is 0.232 e. The second-order valence-corrected chi connectivity index (χ2v) is 9.53. The zero-order chi connectivity index (χ0) is 21.5. The standard InChI is InChI=1S/C24H29ClN2O2S/c1-17(2)24(29)26-21-9-6-14-27(15-21)22(28)16-30-23(18-7-4-3-5-8-18)19-10-12-20(25)13-11-19/h3-5,7-8,10-13,17,21,23H,6,9,14-16H2,1-2H3,(H,26,29). The summed E-state index contributed by atoms with van der Waals surface area (Å²) in [5.41, 5.74) is 2.29. The van der Waals surface area contributed by atoms with Crippen molar-refractivity contribution in [2.75, 3.05) is 18.8 Å². The minimum Gasteiger partial charge on any atom is -0.351 e. The summed E-state index contributed by atoms with van der Waals surface area (Å²) in [5, 5.41) is 3.84. The fraction of sp³-hybridized carbons (Fsp3) is 0.417. The third kappa shape index (κ3) is 6.26. The topological polar surface area (TPSA) is 49.4 Å². The minimum absolute atomic E-state index is 0.0439. The van der Waals surface area contributed by atoms with Crippen LogP contribution in [0.2, 0.25) is 5.02 Å². The number of likely N-dealkylation sites (tertiary alicyclic amines) is 1. The monoisotopic (exact) mass is 444 g/mol. The molecule has 2 atom stereocenters. The normalized spacial score (nSPS) is 17.6. The Hall–Kier alpha value is -1.98. The van der Waals surface area contributed by atoms with Gasteiger partial charge < -0.3 is 10.2 Å². The molecule has 4 nitrogen and oxygen atoms in total. The summed E-state index contributed by atoms with van der Waals surface area (Å²) in [5.74, 6) is 0.527. The van der Waals surface area contributed by atoms with E-state index in [1.807, 2.05) is 61.2 Å². The fourth-order valence-electron chi connectivity index (χ4n) is 3.59. The molecule has 2 amide bonds. The van der Waals surface area contributed by atoms with E-state index < -0.39 is 0 Å². The van der Waals surface area contributed by atoms with Crippen LogP contribution >= 0.6 is 23.4 Å². The molecule has 0 saturated carbocycles. The third-order valence-electron chi connectivity index (χ3n) is 5.29. The van der Waals surface area contributed by atoms with Crippen LogP contribution in [0, 0.1) is 5.92 Å². The Kier molecular flexibility index (Phi) is 8.23. The van der Waals surface area contributed by atoms with Gasteiger partial charge in [0, 0.05) is 30.1 Å². The predicted octanol–water partition coefficient (Wildman–Crippen LogP) is 4.93. The molecule has 1 aliphatic heterocycles. The molecule has 160 valence electrons. The van der Waals surface area contributed by atoms with E-state index in [4.69, 9.17) is 11.6 Å². The van der Waals surface area contributed by atoms with Crippen LogP contribution < -0.4 is 5.32 Å². The van der Waals surface area contributed by atoms with Crippen molar-refractivity contribution >= 4 is 35.2 Å². The Bertz CT molecular complexity index is 842. The third-order valence-corrected chi connectivity index (χ3v) is 6.84. The van der Waals surface area contributed by atoms with E-state index in [1.54, 1.807) is 11.8 Å². The smallest absolute Gasteiger partial charge is 0.232 e. The molecular weight excluding hydrogens is 416 g/mol. The number of hydrogen-bond acceptors (Lipinski definition) is 3. The highest BCUT2D eigenvalue weighted by atomic mass is 35.5. The van der Waals surface area contributed by atoms with Gasteiger partial charge in [0.2, 0.25) is 11.8 Å². The molecule has 2 aromatic carbocycles. The molecule has 1 N–H and O–H groups in total. The maximum atomic E-state index is 13.0. The highest BCUT2D eigenvalue weighted by Gasteiger charge is 2.26. The lowest BCUT2D eigenvalue weighted by Crippen LogP contribution is -2.50. The van der Waals surface area contributed by atoms with Gasteiger partial charge >= 0.3 is 0 Å².